The predicted octanol–water partition coefficient (Wildman–Crippen LogP) is 0.967. The van der Waals surface area contributed by atoms with Crippen LogP contribution in [0.3, 0.4) is 0 Å². The molecule has 0 spiro atoms. The maximum absolute atomic E-state index is 11.1. The molecule has 2 unspecified atom stereocenters. The summed E-state index contributed by atoms with van der Waals surface area (Å²) < 4.78 is 1.73. The van der Waals surface area contributed by atoms with Crippen LogP contribution in [0.4, 0.5) is 5.82 Å². The van der Waals surface area contributed by atoms with Crippen LogP contribution in [0.25, 0.3) is 10.9 Å². The lowest BCUT2D eigenvalue weighted by Crippen LogP contribution is -2.54. The van der Waals surface area contributed by atoms with E-state index in [0.29, 0.717) is 17.6 Å². The van der Waals surface area contributed by atoms with E-state index in [9.17, 15) is 4.79 Å². The smallest absolute Gasteiger partial charge is 0.153 e. The molecule has 0 aromatic carbocycles. The Bertz CT molecular complexity index is 640. The average Bonchev–Trinajstić information content (AvgIpc) is 2.77. The van der Waals surface area contributed by atoms with Gasteiger partial charge in [0.2, 0.25) is 0 Å². The second-order valence-electron chi connectivity index (χ2n) is 5.59. The third kappa shape index (κ3) is 2.16. The molecule has 1 aliphatic rings. The van der Waals surface area contributed by atoms with E-state index >= 15 is 0 Å². The molecule has 6 heteroatoms. The number of aromatic nitrogens is 3. The largest absolute Gasteiger partial charge is 0.353 e. The maximum Gasteiger partial charge on any atom is 0.153 e. The highest BCUT2D eigenvalue weighted by Crippen LogP contribution is 2.26. The van der Waals surface area contributed by atoms with Crippen LogP contribution in [0.2, 0.25) is 0 Å². The third-order valence-electron chi connectivity index (χ3n) is 3.65. The minimum Gasteiger partial charge on any atom is -0.353 e. The van der Waals surface area contributed by atoms with E-state index in [1.165, 1.54) is 0 Å². The van der Waals surface area contributed by atoms with Crippen molar-refractivity contribution < 1.29 is 4.79 Å². The fourth-order valence-electron chi connectivity index (χ4n) is 2.96. The van der Waals surface area contributed by atoms with Gasteiger partial charge in [0.25, 0.3) is 0 Å². The van der Waals surface area contributed by atoms with Crippen LogP contribution in [0.5, 0.6) is 0 Å². The van der Waals surface area contributed by atoms with Gasteiger partial charge in [-0.15, -0.1) is 0 Å². The fraction of sp³-hybridized carbons (Fsp3) is 0.500. The highest BCUT2D eigenvalue weighted by Gasteiger charge is 2.24. The molecule has 2 aromatic heterocycles. The zero-order valence-electron chi connectivity index (χ0n) is 12.0. The van der Waals surface area contributed by atoms with Gasteiger partial charge in [0.05, 0.1) is 10.9 Å². The van der Waals surface area contributed by atoms with Crippen molar-refractivity contribution >= 4 is 23.0 Å². The highest BCUT2D eigenvalue weighted by atomic mass is 16.1. The van der Waals surface area contributed by atoms with Gasteiger partial charge in [-0.25, -0.2) is 4.98 Å². The number of nitrogens with one attached hydrogen (secondary N) is 1. The van der Waals surface area contributed by atoms with Gasteiger partial charge in [-0.3, -0.25) is 9.48 Å². The zero-order valence-corrected chi connectivity index (χ0v) is 12.0. The molecule has 20 heavy (non-hydrogen) atoms. The molecule has 6 nitrogen and oxygen atoms in total. The number of hydrogen-bond acceptors (Lipinski definition) is 5. The average molecular weight is 273 g/mol. The lowest BCUT2D eigenvalue weighted by Gasteiger charge is -2.37. The van der Waals surface area contributed by atoms with Gasteiger partial charge < -0.3 is 10.2 Å². The first-order valence-electron chi connectivity index (χ1n) is 6.87. The van der Waals surface area contributed by atoms with Crippen LogP contribution in [-0.4, -0.2) is 46.2 Å². The Morgan fingerprint density at radius 1 is 1.35 bits per heavy atom. The number of aryl methyl sites for hydroxylation is 1. The Kier molecular flexibility index (Phi) is 3.17. The normalized spacial score (nSPS) is 23.2. The molecule has 0 aliphatic carbocycles. The number of carbonyl (C=O) groups is 1. The van der Waals surface area contributed by atoms with E-state index in [1.54, 1.807) is 10.9 Å². The Labute approximate surface area is 117 Å². The first-order chi connectivity index (χ1) is 9.58. The van der Waals surface area contributed by atoms with Crippen molar-refractivity contribution in [2.75, 3.05) is 18.0 Å². The molecular formula is C14H19N5O. The van der Waals surface area contributed by atoms with E-state index in [-0.39, 0.29) is 0 Å². The fourth-order valence-corrected chi connectivity index (χ4v) is 2.96. The van der Waals surface area contributed by atoms with Crippen LogP contribution in [0, 0.1) is 0 Å². The quantitative estimate of drug-likeness (QED) is 0.826. The summed E-state index contributed by atoms with van der Waals surface area (Å²) in [6, 6.07) is 0.830. The van der Waals surface area contributed by atoms with Crippen molar-refractivity contribution in [2.45, 2.75) is 25.9 Å². The molecule has 1 fully saturated rings. The lowest BCUT2D eigenvalue weighted by molar-refractivity contribution is 0.112. The molecule has 2 atom stereocenters. The molecule has 0 saturated carbocycles. The van der Waals surface area contributed by atoms with Crippen molar-refractivity contribution in [1.29, 1.82) is 0 Å². The molecule has 1 saturated heterocycles. The first kappa shape index (κ1) is 13.1. The van der Waals surface area contributed by atoms with E-state index in [4.69, 9.17) is 0 Å². The Balaban J connectivity index is 2.09. The van der Waals surface area contributed by atoms with Crippen molar-refractivity contribution in [3.8, 4) is 0 Å². The molecule has 0 bridgehead atoms. The van der Waals surface area contributed by atoms with Crippen LogP contribution in [-0.2, 0) is 7.05 Å². The molecule has 0 radical (unpaired) electrons. The molecule has 3 heterocycles. The summed E-state index contributed by atoms with van der Waals surface area (Å²) in [5.74, 6) is 0.916. The van der Waals surface area contributed by atoms with Gasteiger partial charge >= 0.3 is 0 Å². The molecule has 1 aliphatic heterocycles. The molecule has 0 amide bonds. The Hall–Kier alpha value is -1.95. The number of piperazine rings is 1. The minimum atomic E-state index is 0.415. The van der Waals surface area contributed by atoms with Gasteiger partial charge in [0.15, 0.2) is 6.29 Å². The third-order valence-corrected chi connectivity index (χ3v) is 3.65. The monoisotopic (exact) mass is 273 g/mol. The molecule has 2 aromatic rings. The van der Waals surface area contributed by atoms with Gasteiger partial charge in [-0.05, 0) is 13.8 Å². The summed E-state index contributed by atoms with van der Waals surface area (Å²) in [5, 5.41) is 8.83. The molecule has 3 rings (SSSR count). The lowest BCUT2D eigenvalue weighted by atomic mass is 10.1. The predicted molar refractivity (Wildman–Crippen MR) is 78.2 cm³/mol. The van der Waals surface area contributed by atoms with Crippen LogP contribution < -0.4 is 10.2 Å². The molecular weight excluding hydrogens is 254 g/mol. The molecule has 1 N–H and O–H groups in total. The van der Waals surface area contributed by atoms with Gasteiger partial charge in [-0.1, -0.05) is 0 Å². The second-order valence-corrected chi connectivity index (χ2v) is 5.59. The number of anilines is 1. The van der Waals surface area contributed by atoms with Gasteiger partial charge in [0, 0.05) is 44.6 Å². The summed E-state index contributed by atoms with van der Waals surface area (Å²) >= 11 is 0. The number of aldehydes is 1. The van der Waals surface area contributed by atoms with Crippen LogP contribution in [0.15, 0.2) is 12.4 Å². The number of fused-ring (bicyclic) bond motifs is 1. The van der Waals surface area contributed by atoms with E-state index in [0.717, 1.165) is 36.1 Å². The summed E-state index contributed by atoms with van der Waals surface area (Å²) in [7, 11) is 1.86. The van der Waals surface area contributed by atoms with Crippen molar-refractivity contribution in [3.05, 3.63) is 18.0 Å². The number of rotatable bonds is 2. The number of carbonyl (C=O) groups excluding carboxylic acids is 1. The van der Waals surface area contributed by atoms with Gasteiger partial charge in [0.1, 0.15) is 11.3 Å². The summed E-state index contributed by atoms with van der Waals surface area (Å²) in [4.78, 5) is 17.9. The van der Waals surface area contributed by atoms with Crippen molar-refractivity contribution in [3.63, 3.8) is 0 Å². The topological polar surface area (TPSA) is 63.1 Å². The first-order valence-corrected chi connectivity index (χ1v) is 6.87. The summed E-state index contributed by atoms with van der Waals surface area (Å²) in [6.07, 6.45) is 4.37. The van der Waals surface area contributed by atoms with Gasteiger partial charge in [-0.2, -0.15) is 5.10 Å². The van der Waals surface area contributed by atoms with E-state index in [2.05, 4.69) is 34.1 Å². The summed E-state index contributed by atoms with van der Waals surface area (Å²) in [6.45, 7) is 6.15. The standard InChI is InChI=1S/C14H19N5O/c1-9-5-19(6-10(2)16-9)14-12-7-18(3)17-13(12)11(8-20)4-15-14/h4,7-10,16H,5-6H2,1-3H3. The maximum atomic E-state index is 11.1. The zero-order chi connectivity index (χ0) is 14.3. The summed E-state index contributed by atoms with van der Waals surface area (Å²) in [5.41, 5.74) is 1.27. The highest BCUT2D eigenvalue weighted by molar-refractivity contribution is 6.00. The number of pyridine rings is 1. The Morgan fingerprint density at radius 2 is 2.05 bits per heavy atom. The van der Waals surface area contributed by atoms with Crippen LogP contribution >= 0.6 is 0 Å². The van der Waals surface area contributed by atoms with E-state index in [1.807, 2.05) is 13.2 Å². The van der Waals surface area contributed by atoms with Crippen molar-refractivity contribution in [1.82, 2.24) is 20.1 Å². The number of nitrogens with zero attached hydrogens (tertiary/aromatic N) is 4. The second kappa shape index (κ2) is 4.86. The SMILES string of the molecule is CC1CN(c2ncc(C=O)c3nn(C)cc23)CC(C)N1. The number of hydrogen-bond donors (Lipinski definition) is 1. The van der Waals surface area contributed by atoms with Crippen molar-refractivity contribution in [2.24, 2.45) is 7.05 Å². The van der Waals surface area contributed by atoms with E-state index < -0.39 is 0 Å². The van der Waals surface area contributed by atoms with Crippen LogP contribution in [0.1, 0.15) is 24.2 Å². The molecule has 106 valence electrons. The Morgan fingerprint density at radius 3 is 2.70 bits per heavy atom. The minimum absolute atomic E-state index is 0.415.